The number of rotatable bonds is 15. The number of benzene rings is 4. The summed E-state index contributed by atoms with van der Waals surface area (Å²) in [5.41, 5.74) is 9.72. The van der Waals surface area contributed by atoms with E-state index in [4.69, 9.17) is 45.0 Å². The highest BCUT2D eigenvalue weighted by Crippen LogP contribution is 2.38. The number of ether oxygens (including phenoxy) is 2. The van der Waals surface area contributed by atoms with Gasteiger partial charge in [-0.3, -0.25) is 24.4 Å². The molecule has 59 heavy (non-hydrogen) atoms. The van der Waals surface area contributed by atoms with Gasteiger partial charge in [0.2, 0.25) is 5.91 Å². The van der Waals surface area contributed by atoms with Crippen LogP contribution in [0.1, 0.15) is 71.1 Å². The van der Waals surface area contributed by atoms with E-state index in [9.17, 15) is 24.6 Å². The first-order valence-corrected chi connectivity index (χ1v) is 20.0. The van der Waals surface area contributed by atoms with E-state index in [0.29, 0.717) is 109 Å². The van der Waals surface area contributed by atoms with Crippen LogP contribution in [0.5, 0.6) is 23.0 Å². The number of hydrogen-bond acceptors (Lipinski definition) is 9. The molecule has 0 radical (unpaired) electrons. The van der Waals surface area contributed by atoms with Gasteiger partial charge in [0.25, 0.3) is 0 Å². The van der Waals surface area contributed by atoms with E-state index in [1.165, 1.54) is 0 Å². The Labute approximate surface area is 350 Å². The maximum atomic E-state index is 12.1. The summed E-state index contributed by atoms with van der Waals surface area (Å²) in [5, 5.41) is 21.2. The lowest BCUT2D eigenvalue weighted by Gasteiger charge is -2.12. The van der Waals surface area contributed by atoms with Gasteiger partial charge in [-0.05, 0) is 120 Å². The fourth-order valence-corrected chi connectivity index (χ4v) is 7.23. The Kier molecular flexibility index (Phi) is 12.8. The van der Waals surface area contributed by atoms with E-state index in [0.717, 1.165) is 36.8 Å². The molecule has 0 unspecified atom stereocenters. The van der Waals surface area contributed by atoms with E-state index >= 15 is 0 Å². The van der Waals surface area contributed by atoms with Crippen LogP contribution in [0.15, 0.2) is 85.2 Å². The van der Waals surface area contributed by atoms with Gasteiger partial charge in [-0.1, -0.05) is 35.3 Å². The minimum absolute atomic E-state index is 0.201. The van der Waals surface area contributed by atoms with Crippen molar-refractivity contribution in [3.8, 4) is 23.0 Å². The summed E-state index contributed by atoms with van der Waals surface area (Å²) in [6.45, 7) is 6.77. The van der Waals surface area contributed by atoms with Gasteiger partial charge in [0.1, 0.15) is 34.6 Å². The second-order valence-electron chi connectivity index (χ2n) is 14.9. The molecule has 4 N–H and O–H groups in total. The van der Waals surface area contributed by atoms with Gasteiger partial charge in [-0.2, -0.15) is 0 Å². The normalized spacial score (nSPS) is 13.3. The molecule has 0 aliphatic heterocycles. The molecule has 8 rings (SSSR count). The van der Waals surface area contributed by atoms with Crippen molar-refractivity contribution in [3.63, 3.8) is 0 Å². The smallest absolute Gasteiger partial charge is 0.249 e. The third-order valence-corrected chi connectivity index (χ3v) is 11.0. The lowest BCUT2D eigenvalue weighted by molar-refractivity contribution is -0.119. The predicted molar refractivity (Wildman–Crippen MR) is 225 cm³/mol. The minimum Gasteiger partial charge on any atom is -0.457 e. The molecule has 2 saturated carbocycles. The second-order valence-corrected chi connectivity index (χ2v) is 15.7. The Morgan fingerprint density at radius 1 is 0.678 bits per heavy atom. The van der Waals surface area contributed by atoms with Crippen molar-refractivity contribution in [1.29, 1.82) is 0 Å². The highest BCUT2D eigenvalue weighted by atomic mass is 35.5. The summed E-state index contributed by atoms with van der Waals surface area (Å²) in [7, 11) is 0. The first-order chi connectivity index (χ1) is 28.5. The summed E-state index contributed by atoms with van der Waals surface area (Å²) < 4.78 is 12.0. The van der Waals surface area contributed by atoms with Crippen molar-refractivity contribution in [2.24, 2.45) is 17.6 Å². The number of amides is 1. The summed E-state index contributed by atoms with van der Waals surface area (Å²) in [5.74, 6) is 2.94. The van der Waals surface area contributed by atoms with Crippen LogP contribution in [0.3, 0.4) is 0 Å². The number of primary amides is 1. The number of fused-ring (bicyclic) bond motifs is 2. The molecule has 0 bridgehead atoms. The van der Waals surface area contributed by atoms with Crippen molar-refractivity contribution >= 4 is 68.2 Å². The Morgan fingerprint density at radius 2 is 1.15 bits per heavy atom. The molecule has 2 aromatic heterocycles. The van der Waals surface area contributed by atoms with Gasteiger partial charge in [0.15, 0.2) is 5.69 Å². The lowest BCUT2D eigenvalue weighted by atomic mass is 10.0. The Bertz CT molecular complexity index is 2640. The van der Waals surface area contributed by atoms with Crippen molar-refractivity contribution in [2.75, 3.05) is 0 Å². The maximum absolute atomic E-state index is 12.1. The highest BCUT2D eigenvalue weighted by molar-refractivity contribution is 6.32. The molecule has 4 aromatic carbocycles. The van der Waals surface area contributed by atoms with Crippen LogP contribution in [-0.2, 0) is 35.6 Å². The Morgan fingerprint density at radius 3 is 1.58 bits per heavy atom. The van der Waals surface area contributed by atoms with Crippen LogP contribution in [0.25, 0.3) is 26.7 Å². The zero-order valence-electron chi connectivity index (χ0n) is 31.9. The molecule has 0 saturated heterocycles. The van der Waals surface area contributed by atoms with Gasteiger partial charge < -0.3 is 25.4 Å². The van der Waals surface area contributed by atoms with E-state index in [2.05, 4.69) is 14.8 Å². The quantitative estimate of drug-likeness (QED) is 0.0854. The second kappa shape index (κ2) is 18.4. The van der Waals surface area contributed by atoms with E-state index < -0.39 is 5.91 Å². The van der Waals surface area contributed by atoms with Crippen molar-refractivity contribution in [2.45, 2.75) is 64.6 Å². The third kappa shape index (κ3) is 10.4. The van der Waals surface area contributed by atoms with Gasteiger partial charge in [0.05, 0.1) is 30.8 Å². The fraction of sp³-hybridized carbons (Fsp3) is 0.261. The number of aliphatic hydroxyl groups is 2. The molecule has 300 valence electrons. The van der Waals surface area contributed by atoms with Gasteiger partial charge >= 0.3 is 0 Å². The molecule has 13 heteroatoms. The van der Waals surface area contributed by atoms with E-state index in [1.54, 1.807) is 79.1 Å². The molecule has 6 aromatic rings. The van der Waals surface area contributed by atoms with Crippen LogP contribution in [0, 0.1) is 18.4 Å². The predicted octanol–water partition coefficient (Wildman–Crippen LogP) is 9.82. The summed E-state index contributed by atoms with van der Waals surface area (Å²) >= 11 is 12.8. The lowest BCUT2D eigenvalue weighted by Crippen LogP contribution is -2.14. The first kappa shape index (κ1) is 41.3. The minimum atomic E-state index is -0.640. The summed E-state index contributed by atoms with van der Waals surface area (Å²) in [6.07, 6.45) is 9.70. The largest absolute Gasteiger partial charge is 0.457 e. The highest BCUT2D eigenvalue weighted by Gasteiger charge is 2.25. The third-order valence-electron chi connectivity index (χ3n) is 10.3. The topological polar surface area (TPSA) is 166 Å². The number of carbonyl (C=O) groups is 3. The molecular weight excluding hydrogens is 791 g/mol. The van der Waals surface area contributed by atoms with E-state index in [-0.39, 0.29) is 30.3 Å². The van der Waals surface area contributed by atoms with Crippen LogP contribution >= 0.6 is 23.2 Å². The number of halogens is 2. The Hall–Kier alpha value is -5.90. The number of nitrogens with zero attached hydrogens (tertiary/aromatic N) is 3. The average Bonchev–Trinajstić information content (AvgIpc) is 4.18. The fourth-order valence-electron chi connectivity index (χ4n) is 6.76. The molecule has 11 nitrogen and oxygen atoms in total. The molecule has 2 aliphatic carbocycles. The summed E-state index contributed by atoms with van der Waals surface area (Å²) in [6, 6.07) is 20.5. The number of aliphatic hydroxyl groups excluding tert-OH is 2. The van der Waals surface area contributed by atoms with Gasteiger partial charge in [-0.15, -0.1) is 0 Å². The number of aromatic nitrogens is 2. The Balaban J connectivity index is 0.000000179. The molecule has 2 aliphatic rings. The van der Waals surface area contributed by atoms with E-state index in [1.807, 2.05) is 6.07 Å². The zero-order chi connectivity index (χ0) is 41.6. The van der Waals surface area contributed by atoms with Gasteiger partial charge in [-0.25, -0.2) is 4.85 Å². The number of hydrogen-bond donors (Lipinski definition) is 3. The SMILES string of the molecule is NC(=O)c1cc2c(Oc3ccc(CC(=O)CC4CC4)c(Cl)c3)ccnc2cc1CO.[C-]#[N+]c1cc2c(Oc3ccc(CC(=O)CC4CC4)c(Cl)c3)ccnc2cc1CO. The maximum Gasteiger partial charge on any atom is 0.249 e. The monoisotopic (exact) mass is 830 g/mol. The molecule has 0 spiro atoms. The molecule has 1 amide bonds. The van der Waals surface area contributed by atoms with Crippen LogP contribution in [0.2, 0.25) is 10.0 Å². The van der Waals surface area contributed by atoms with Gasteiger partial charge in [0, 0.05) is 64.5 Å². The number of carbonyl (C=O) groups excluding carboxylic acids is 3. The number of nitrogens with two attached hydrogens (primary N) is 1. The van der Waals surface area contributed by atoms with Crippen LogP contribution in [-0.4, -0.2) is 37.7 Å². The number of pyridine rings is 2. The van der Waals surface area contributed by atoms with Crippen LogP contribution in [0.4, 0.5) is 5.69 Å². The molecule has 0 atom stereocenters. The first-order valence-electron chi connectivity index (χ1n) is 19.2. The molecule has 2 fully saturated rings. The average molecular weight is 832 g/mol. The standard InChI is InChI=1S/C23H21ClN2O4.C23H19ClN2O3/c24-20-10-17(4-3-14(20)8-16(28)7-13-1-2-13)30-22-5-6-26-21-9-15(12-27)18(23(25)29)11-19(21)22;1-25-21-12-19-22(10-16(21)13-27)26-7-6-23(19)29-18-5-4-15(20(24)11-18)9-17(28)8-14-2-3-14/h3-6,9-11,13,27H,1-2,7-8,12H2,(H2,25,29);4-7,10-12,14,27H,2-3,8-9,13H2. The zero-order valence-corrected chi connectivity index (χ0v) is 33.4. The van der Waals surface area contributed by atoms with Crippen molar-refractivity contribution in [3.05, 3.63) is 134 Å². The number of Topliss-reactive ketones (excluding diaryl/α,β-unsaturated/α-hetero) is 2. The van der Waals surface area contributed by atoms with Crippen molar-refractivity contribution < 1.29 is 34.1 Å². The molecule has 2 heterocycles. The molecular formula is C46H40Cl2N4O7. The summed E-state index contributed by atoms with van der Waals surface area (Å²) in [4.78, 5) is 48.0. The number of ketones is 2. The van der Waals surface area contributed by atoms with Crippen molar-refractivity contribution in [1.82, 2.24) is 9.97 Å². The van der Waals surface area contributed by atoms with Crippen LogP contribution < -0.4 is 15.2 Å².